The Kier molecular flexibility index (Phi) is 2.74. The Morgan fingerprint density at radius 3 is 3.06 bits per heavy atom. The first-order chi connectivity index (χ1) is 7.92. The third-order valence-electron chi connectivity index (χ3n) is 3.03. The molecule has 0 spiro atoms. The van der Waals surface area contributed by atoms with Gasteiger partial charge in [-0.25, -0.2) is 0 Å². The van der Waals surface area contributed by atoms with E-state index in [2.05, 4.69) is 45.5 Å². The molecule has 0 atom stereocenters. The molecule has 2 heterocycles. The summed E-state index contributed by atoms with van der Waals surface area (Å²) in [5, 5.41) is 11.8. The van der Waals surface area contributed by atoms with Crippen LogP contribution in [0.3, 0.4) is 0 Å². The second-order valence-electron chi connectivity index (χ2n) is 4.20. The van der Waals surface area contributed by atoms with Crippen LogP contribution in [0.1, 0.15) is 12.8 Å². The highest BCUT2D eigenvalue weighted by atomic mass is 32.2. The molecule has 3 rings (SSSR count). The SMILES string of the molecule is c1cc2cn[nH]c2cc1NC1CCSCC1. The molecule has 84 valence electrons. The van der Waals surface area contributed by atoms with E-state index in [4.69, 9.17) is 0 Å². The van der Waals surface area contributed by atoms with Gasteiger partial charge >= 0.3 is 0 Å². The van der Waals surface area contributed by atoms with E-state index in [0.29, 0.717) is 6.04 Å². The second-order valence-corrected chi connectivity index (χ2v) is 5.43. The molecule has 16 heavy (non-hydrogen) atoms. The average molecular weight is 233 g/mol. The quantitative estimate of drug-likeness (QED) is 0.838. The lowest BCUT2D eigenvalue weighted by Gasteiger charge is -2.23. The van der Waals surface area contributed by atoms with Crippen molar-refractivity contribution in [3.05, 3.63) is 24.4 Å². The van der Waals surface area contributed by atoms with E-state index >= 15 is 0 Å². The molecule has 1 aromatic carbocycles. The minimum absolute atomic E-state index is 0.640. The normalized spacial score (nSPS) is 17.8. The third-order valence-corrected chi connectivity index (χ3v) is 4.08. The first-order valence-electron chi connectivity index (χ1n) is 5.69. The number of H-pyrrole nitrogens is 1. The number of fused-ring (bicyclic) bond motifs is 1. The van der Waals surface area contributed by atoms with Gasteiger partial charge in [0.15, 0.2) is 0 Å². The minimum Gasteiger partial charge on any atom is -0.382 e. The van der Waals surface area contributed by atoms with Gasteiger partial charge in [-0.2, -0.15) is 16.9 Å². The standard InChI is InChI=1S/C12H15N3S/c1-2-11(7-12-9(1)8-13-15-12)14-10-3-5-16-6-4-10/h1-2,7-8,10,14H,3-6H2,(H,13,15). The first kappa shape index (κ1) is 10.0. The number of benzene rings is 1. The lowest BCUT2D eigenvalue weighted by Crippen LogP contribution is -2.24. The molecule has 4 heteroatoms. The van der Waals surface area contributed by atoms with Gasteiger partial charge in [0.2, 0.25) is 0 Å². The number of thioether (sulfide) groups is 1. The van der Waals surface area contributed by atoms with Crippen LogP contribution in [0.2, 0.25) is 0 Å². The lowest BCUT2D eigenvalue weighted by molar-refractivity contribution is 0.667. The zero-order valence-corrected chi connectivity index (χ0v) is 9.89. The maximum absolute atomic E-state index is 4.03. The van der Waals surface area contributed by atoms with Gasteiger partial charge in [0.1, 0.15) is 0 Å². The molecular formula is C12H15N3S. The smallest absolute Gasteiger partial charge is 0.0670 e. The van der Waals surface area contributed by atoms with Gasteiger partial charge in [-0.3, -0.25) is 5.10 Å². The Bertz CT molecular complexity index is 474. The zero-order chi connectivity index (χ0) is 10.8. The Morgan fingerprint density at radius 2 is 2.19 bits per heavy atom. The van der Waals surface area contributed by atoms with Crippen LogP contribution >= 0.6 is 11.8 Å². The molecule has 1 aromatic heterocycles. The molecule has 3 nitrogen and oxygen atoms in total. The predicted octanol–water partition coefficient (Wildman–Crippen LogP) is 2.87. The van der Waals surface area contributed by atoms with Gasteiger partial charge in [0, 0.05) is 17.1 Å². The number of anilines is 1. The van der Waals surface area contributed by atoms with Crippen molar-refractivity contribution < 1.29 is 0 Å². The highest BCUT2D eigenvalue weighted by Gasteiger charge is 2.13. The van der Waals surface area contributed by atoms with E-state index in [1.54, 1.807) is 0 Å². The molecule has 0 aliphatic carbocycles. The van der Waals surface area contributed by atoms with Crippen LogP contribution in [-0.4, -0.2) is 27.7 Å². The fourth-order valence-electron chi connectivity index (χ4n) is 2.10. The van der Waals surface area contributed by atoms with Crippen LogP contribution < -0.4 is 5.32 Å². The third kappa shape index (κ3) is 2.02. The number of rotatable bonds is 2. The number of hydrogen-bond donors (Lipinski definition) is 2. The predicted molar refractivity (Wildman–Crippen MR) is 70.1 cm³/mol. The molecule has 0 bridgehead atoms. The van der Waals surface area contributed by atoms with Crippen molar-refractivity contribution in [3.63, 3.8) is 0 Å². The molecule has 0 amide bonds. The Labute approximate surface area is 99.0 Å². The summed E-state index contributed by atoms with van der Waals surface area (Å²) in [6, 6.07) is 7.03. The van der Waals surface area contributed by atoms with Crippen molar-refractivity contribution in [1.29, 1.82) is 0 Å². The summed E-state index contributed by atoms with van der Waals surface area (Å²) in [5.74, 6) is 2.56. The molecule has 2 N–H and O–H groups in total. The van der Waals surface area contributed by atoms with Gasteiger partial charge in [-0.05, 0) is 42.5 Å². The average Bonchev–Trinajstić information content (AvgIpc) is 2.77. The van der Waals surface area contributed by atoms with Gasteiger partial charge in [-0.1, -0.05) is 0 Å². The topological polar surface area (TPSA) is 40.7 Å². The Morgan fingerprint density at radius 1 is 1.31 bits per heavy atom. The van der Waals surface area contributed by atoms with Gasteiger partial charge < -0.3 is 5.32 Å². The molecule has 1 aliphatic rings. The van der Waals surface area contributed by atoms with Crippen LogP contribution in [0.25, 0.3) is 10.9 Å². The molecule has 1 fully saturated rings. The molecule has 0 saturated carbocycles. The molecule has 1 aliphatic heterocycles. The van der Waals surface area contributed by atoms with Crippen molar-refractivity contribution in [2.24, 2.45) is 0 Å². The maximum atomic E-state index is 4.03. The van der Waals surface area contributed by atoms with Crippen molar-refractivity contribution in [3.8, 4) is 0 Å². The number of hydrogen-bond acceptors (Lipinski definition) is 3. The van der Waals surface area contributed by atoms with Gasteiger partial charge in [0.25, 0.3) is 0 Å². The fraction of sp³-hybridized carbons (Fsp3) is 0.417. The van der Waals surface area contributed by atoms with Crippen LogP contribution in [0.4, 0.5) is 5.69 Å². The van der Waals surface area contributed by atoms with Crippen molar-refractivity contribution >= 4 is 28.4 Å². The van der Waals surface area contributed by atoms with E-state index in [1.807, 2.05) is 6.20 Å². The first-order valence-corrected chi connectivity index (χ1v) is 6.85. The minimum atomic E-state index is 0.640. The Hall–Kier alpha value is -1.16. The van der Waals surface area contributed by atoms with Crippen molar-refractivity contribution in [2.45, 2.75) is 18.9 Å². The highest BCUT2D eigenvalue weighted by Crippen LogP contribution is 2.22. The highest BCUT2D eigenvalue weighted by molar-refractivity contribution is 7.99. The molecular weight excluding hydrogens is 218 g/mol. The van der Waals surface area contributed by atoms with Gasteiger partial charge in [0.05, 0.1) is 11.7 Å². The van der Waals surface area contributed by atoms with Gasteiger partial charge in [-0.15, -0.1) is 0 Å². The lowest BCUT2D eigenvalue weighted by atomic mass is 10.1. The zero-order valence-electron chi connectivity index (χ0n) is 9.07. The molecule has 1 saturated heterocycles. The van der Waals surface area contributed by atoms with E-state index in [9.17, 15) is 0 Å². The van der Waals surface area contributed by atoms with Crippen LogP contribution in [0.15, 0.2) is 24.4 Å². The van der Waals surface area contributed by atoms with E-state index in [1.165, 1.54) is 35.4 Å². The van der Waals surface area contributed by atoms with Crippen molar-refractivity contribution in [1.82, 2.24) is 10.2 Å². The summed E-state index contributed by atoms with van der Waals surface area (Å²) in [4.78, 5) is 0. The number of aromatic nitrogens is 2. The van der Waals surface area contributed by atoms with Crippen molar-refractivity contribution in [2.75, 3.05) is 16.8 Å². The largest absolute Gasteiger partial charge is 0.382 e. The maximum Gasteiger partial charge on any atom is 0.0670 e. The summed E-state index contributed by atoms with van der Waals surface area (Å²) in [6.45, 7) is 0. The van der Waals surface area contributed by atoms with E-state index in [0.717, 1.165) is 5.52 Å². The molecule has 2 aromatic rings. The van der Waals surface area contributed by atoms with E-state index < -0.39 is 0 Å². The monoisotopic (exact) mass is 233 g/mol. The summed E-state index contributed by atoms with van der Waals surface area (Å²) in [5.41, 5.74) is 2.31. The summed E-state index contributed by atoms with van der Waals surface area (Å²) in [6.07, 6.45) is 4.40. The molecule has 0 unspecified atom stereocenters. The van der Waals surface area contributed by atoms with Crippen LogP contribution in [0, 0.1) is 0 Å². The van der Waals surface area contributed by atoms with E-state index in [-0.39, 0.29) is 0 Å². The number of nitrogens with one attached hydrogen (secondary N) is 2. The van der Waals surface area contributed by atoms with Crippen LogP contribution in [0.5, 0.6) is 0 Å². The molecule has 0 radical (unpaired) electrons. The summed E-state index contributed by atoms with van der Waals surface area (Å²) >= 11 is 2.06. The summed E-state index contributed by atoms with van der Waals surface area (Å²) < 4.78 is 0. The Balaban J connectivity index is 1.77. The second kappa shape index (κ2) is 4.37. The number of nitrogens with zero attached hydrogens (tertiary/aromatic N) is 1. The fourth-order valence-corrected chi connectivity index (χ4v) is 3.21. The number of aromatic amines is 1. The van der Waals surface area contributed by atoms with Crippen LogP contribution in [-0.2, 0) is 0 Å². The summed E-state index contributed by atoms with van der Waals surface area (Å²) in [7, 11) is 0.